The Kier molecular flexibility index (Phi) is 3.65. The normalized spacial score (nSPS) is 34.9. The van der Waals surface area contributed by atoms with Crippen LogP contribution in [-0.2, 0) is 15.4 Å². The van der Waals surface area contributed by atoms with Gasteiger partial charge in [-0.2, -0.15) is 0 Å². The van der Waals surface area contributed by atoms with Gasteiger partial charge in [0, 0.05) is 0 Å². The molecule has 2 atom stereocenters. The minimum Gasteiger partial charge on any atom is -0.385 e. The summed E-state index contributed by atoms with van der Waals surface area (Å²) in [6, 6.07) is 7.96. The molecule has 0 amide bonds. The van der Waals surface area contributed by atoms with Crippen LogP contribution in [-0.4, -0.2) is 24.0 Å². The Morgan fingerprint density at radius 1 is 1.14 bits per heavy atom. The van der Waals surface area contributed by atoms with Gasteiger partial charge >= 0.3 is 0 Å². The number of aliphatic hydroxyl groups is 1. The van der Waals surface area contributed by atoms with E-state index in [1.54, 1.807) is 0 Å². The molecule has 3 rings (SSSR count). The standard InChI is InChI=1S/C17H24O3S/c1-12(2)15-8-3-4-9-16(15)17(18)10-13-6-5-7-14(11-17)21(13,19)20/h3-4,8-9,12-14,18H,5-7,10-11H2,1-2H3. The highest BCUT2D eigenvalue weighted by Crippen LogP contribution is 2.47. The van der Waals surface area contributed by atoms with Gasteiger partial charge in [0.25, 0.3) is 0 Å². The van der Waals surface area contributed by atoms with Crippen molar-refractivity contribution >= 4 is 9.84 Å². The molecule has 2 fully saturated rings. The topological polar surface area (TPSA) is 54.4 Å². The van der Waals surface area contributed by atoms with E-state index in [4.69, 9.17) is 0 Å². The van der Waals surface area contributed by atoms with Gasteiger partial charge in [-0.05, 0) is 42.7 Å². The van der Waals surface area contributed by atoms with E-state index in [9.17, 15) is 13.5 Å². The van der Waals surface area contributed by atoms with Crippen LogP contribution in [0.5, 0.6) is 0 Å². The maximum atomic E-state index is 12.4. The smallest absolute Gasteiger partial charge is 0.156 e. The van der Waals surface area contributed by atoms with Crippen LogP contribution in [0.3, 0.4) is 0 Å². The van der Waals surface area contributed by atoms with Gasteiger partial charge in [-0.1, -0.05) is 44.5 Å². The average Bonchev–Trinajstić information content (AvgIpc) is 2.41. The molecule has 116 valence electrons. The van der Waals surface area contributed by atoms with Crippen LogP contribution in [0.1, 0.15) is 63.0 Å². The highest BCUT2D eigenvalue weighted by atomic mass is 32.2. The van der Waals surface area contributed by atoms with E-state index < -0.39 is 15.4 Å². The first kappa shape index (κ1) is 15.0. The van der Waals surface area contributed by atoms with Gasteiger partial charge in [0.15, 0.2) is 9.84 Å². The molecule has 3 nitrogen and oxygen atoms in total. The predicted octanol–water partition coefficient (Wildman–Crippen LogP) is 3.13. The van der Waals surface area contributed by atoms with Gasteiger partial charge in [0.1, 0.15) is 0 Å². The number of hydrogen-bond acceptors (Lipinski definition) is 3. The second kappa shape index (κ2) is 5.10. The van der Waals surface area contributed by atoms with Crippen molar-refractivity contribution in [1.29, 1.82) is 0 Å². The molecule has 2 bridgehead atoms. The van der Waals surface area contributed by atoms with Crippen molar-refractivity contribution in [3.05, 3.63) is 35.4 Å². The number of sulfone groups is 1. The van der Waals surface area contributed by atoms with E-state index in [1.807, 2.05) is 18.2 Å². The summed E-state index contributed by atoms with van der Waals surface area (Å²) in [5.74, 6) is 0.323. The molecule has 2 saturated heterocycles. The van der Waals surface area contributed by atoms with Gasteiger partial charge in [0.05, 0.1) is 16.1 Å². The van der Waals surface area contributed by atoms with Crippen molar-refractivity contribution in [2.45, 2.75) is 68.0 Å². The van der Waals surface area contributed by atoms with E-state index >= 15 is 0 Å². The lowest BCUT2D eigenvalue weighted by Crippen LogP contribution is -2.50. The van der Waals surface area contributed by atoms with E-state index in [0.29, 0.717) is 31.6 Å². The molecular formula is C17H24O3S. The quantitative estimate of drug-likeness (QED) is 0.913. The van der Waals surface area contributed by atoms with Crippen molar-refractivity contribution in [1.82, 2.24) is 0 Å². The highest BCUT2D eigenvalue weighted by molar-refractivity contribution is 7.92. The van der Waals surface area contributed by atoms with E-state index in [-0.39, 0.29) is 10.5 Å². The summed E-state index contributed by atoms with van der Waals surface area (Å²) in [5.41, 5.74) is 1.09. The van der Waals surface area contributed by atoms with Gasteiger partial charge in [-0.15, -0.1) is 0 Å². The number of fused-ring (bicyclic) bond motifs is 2. The molecular weight excluding hydrogens is 284 g/mol. The fourth-order valence-electron chi connectivity index (χ4n) is 4.09. The zero-order valence-corrected chi connectivity index (χ0v) is 13.6. The Bertz CT molecular complexity index is 613. The summed E-state index contributed by atoms with van der Waals surface area (Å²) in [4.78, 5) is 0. The third-order valence-electron chi connectivity index (χ3n) is 5.20. The van der Waals surface area contributed by atoms with Gasteiger partial charge in [-0.3, -0.25) is 0 Å². The predicted molar refractivity (Wildman–Crippen MR) is 84.0 cm³/mol. The fourth-order valence-corrected chi connectivity index (χ4v) is 6.64. The largest absolute Gasteiger partial charge is 0.385 e. The first-order chi connectivity index (χ1) is 9.84. The molecule has 0 spiro atoms. The average molecular weight is 308 g/mol. The zero-order valence-electron chi connectivity index (χ0n) is 12.7. The maximum Gasteiger partial charge on any atom is 0.156 e. The second-order valence-corrected chi connectivity index (χ2v) is 9.46. The SMILES string of the molecule is CC(C)c1ccccc1C1(O)CC2CCCC(C1)S2(=O)=O. The van der Waals surface area contributed by atoms with Gasteiger partial charge < -0.3 is 5.11 Å². The molecule has 2 aliphatic rings. The minimum absolute atomic E-state index is 0.323. The number of rotatable bonds is 2. The van der Waals surface area contributed by atoms with Crippen molar-refractivity contribution < 1.29 is 13.5 Å². The van der Waals surface area contributed by atoms with Crippen LogP contribution < -0.4 is 0 Å². The zero-order chi connectivity index (χ0) is 15.3. The number of benzene rings is 1. The molecule has 0 aromatic heterocycles. The van der Waals surface area contributed by atoms with E-state index in [1.165, 1.54) is 0 Å². The Labute approximate surface area is 127 Å². The van der Waals surface area contributed by atoms with Crippen molar-refractivity contribution in [3.63, 3.8) is 0 Å². The molecule has 4 heteroatoms. The summed E-state index contributed by atoms with van der Waals surface area (Å²) in [7, 11) is -3.04. The second-order valence-electron chi connectivity index (χ2n) is 6.95. The summed E-state index contributed by atoms with van der Waals surface area (Å²) in [6.07, 6.45) is 3.08. The summed E-state index contributed by atoms with van der Waals surface area (Å²) in [6.45, 7) is 4.23. The van der Waals surface area contributed by atoms with Crippen molar-refractivity contribution in [2.75, 3.05) is 0 Å². The molecule has 1 aromatic rings. The van der Waals surface area contributed by atoms with Gasteiger partial charge in [-0.25, -0.2) is 8.42 Å². The molecule has 2 heterocycles. The third kappa shape index (κ3) is 2.42. The molecule has 2 unspecified atom stereocenters. The monoisotopic (exact) mass is 308 g/mol. The maximum absolute atomic E-state index is 12.4. The summed E-state index contributed by atoms with van der Waals surface area (Å²) < 4.78 is 24.8. The van der Waals surface area contributed by atoms with Crippen LogP contribution in [0.15, 0.2) is 24.3 Å². The Morgan fingerprint density at radius 3 is 2.29 bits per heavy atom. The lowest BCUT2D eigenvalue weighted by Gasteiger charge is -2.44. The molecule has 0 saturated carbocycles. The van der Waals surface area contributed by atoms with E-state index in [0.717, 1.165) is 17.5 Å². The molecule has 0 aliphatic carbocycles. The Hall–Kier alpha value is -0.870. The van der Waals surface area contributed by atoms with Crippen molar-refractivity contribution in [3.8, 4) is 0 Å². The van der Waals surface area contributed by atoms with Crippen LogP contribution in [0.2, 0.25) is 0 Å². The molecule has 0 radical (unpaired) electrons. The van der Waals surface area contributed by atoms with E-state index in [2.05, 4.69) is 19.9 Å². The Balaban J connectivity index is 2.04. The molecule has 1 N–H and O–H groups in total. The fraction of sp³-hybridized carbons (Fsp3) is 0.647. The van der Waals surface area contributed by atoms with Crippen LogP contribution >= 0.6 is 0 Å². The minimum atomic E-state index is -3.04. The van der Waals surface area contributed by atoms with Crippen LogP contribution in [0.25, 0.3) is 0 Å². The first-order valence-electron chi connectivity index (χ1n) is 7.89. The van der Waals surface area contributed by atoms with Gasteiger partial charge in [0.2, 0.25) is 0 Å². The molecule has 21 heavy (non-hydrogen) atoms. The van der Waals surface area contributed by atoms with Crippen molar-refractivity contribution in [2.24, 2.45) is 0 Å². The first-order valence-corrected chi connectivity index (χ1v) is 9.50. The lowest BCUT2D eigenvalue weighted by atomic mass is 9.77. The Morgan fingerprint density at radius 2 is 1.71 bits per heavy atom. The third-order valence-corrected chi connectivity index (χ3v) is 7.86. The summed E-state index contributed by atoms with van der Waals surface area (Å²) in [5, 5.41) is 10.5. The van der Waals surface area contributed by atoms with Crippen LogP contribution in [0, 0.1) is 0 Å². The molecule has 1 aromatic carbocycles. The summed E-state index contributed by atoms with van der Waals surface area (Å²) >= 11 is 0. The molecule has 2 aliphatic heterocycles. The lowest BCUT2D eigenvalue weighted by molar-refractivity contribution is 0.00402. The highest BCUT2D eigenvalue weighted by Gasteiger charge is 2.51. The van der Waals surface area contributed by atoms with Crippen LogP contribution in [0.4, 0.5) is 0 Å². The number of hydrogen-bond donors (Lipinski definition) is 1.